The van der Waals surface area contributed by atoms with Crippen LogP contribution in [0.3, 0.4) is 0 Å². The molecule has 5 rings (SSSR count). The second-order valence-electron chi connectivity index (χ2n) is 6.70. The van der Waals surface area contributed by atoms with Gasteiger partial charge in [0, 0.05) is 24.4 Å². The van der Waals surface area contributed by atoms with Crippen molar-refractivity contribution in [2.75, 3.05) is 0 Å². The Hall–Kier alpha value is -2.70. The number of H-pyrrole nitrogens is 1. The largest absolute Gasteiger partial charge is 0.392 e. The first-order valence-corrected chi connectivity index (χ1v) is 8.81. The number of aromatic nitrogens is 5. The molecule has 1 aliphatic carbocycles. The van der Waals surface area contributed by atoms with Gasteiger partial charge in [0.25, 0.3) is 0 Å². The maximum absolute atomic E-state index is 10.0. The van der Waals surface area contributed by atoms with Crippen LogP contribution >= 0.6 is 11.6 Å². The van der Waals surface area contributed by atoms with E-state index < -0.39 is 0 Å². The molecule has 4 aromatic rings. The van der Waals surface area contributed by atoms with Gasteiger partial charge in [0.05, 0.1) is 28.5 Å². The summed E-state index contributed by atoms with van der Waals surface area (Å²) in [6.07, 6.45) is 4.64. The molecule has 7 heteroatoms. The quantitative estimate of drug-likeness (QED) is 0.572. The van der Waals surface area contributed by atoms with Crippen molar-refractivity contribution < 1.29 is 5.11 Å². The topological polar surface area (TPSA) is 79.6 Å². The van der Waals surface area contributed by atoms with Gasteiger partial charge in [-0.3, -0.25) is 9.78 Å². The predicted octanol–water partition coefficient (Wildman–Crippen LogP) is 3.14. The van der Waals surface area contributed by atoms with Crippen molar-refractivity contribution in [3.8, 4) is 22.5 Å². The van der Waals surface area contributed by atoms with E-state index in [0.29, 0.717) is 17.9 Å². The fourth-order valence-corrected chi connectivity index (χ4v) is 3.96. The summed E-state index contributed by atoms with van der Waals surface area (Å²) in [6, 6.07) is 7.92. The summed E-state index contributed by atoms with van der Waals surface area (Å²) in [5.74, 6) is 0. The van der Waals surface area contributed by atoms with Gasteiger partial charge in [-0.05, 0) is 30.0 Å². The summed E-state index contributed by atoms with van der Waals surface area (Å²) >= 11 is 6.55. The summed E-state index contributed by atoms with van der Waals surface area (Å²) in [4.78, 5) is 4.85. The molecule has 26 heavy (non-hydrogen) atoms. The summed E-state index contributed by atoms with van der Waals surface area (Å²) in [5.41, 5.74) is 7.17. The second-order valence-corrected chi connectivity index (χ2v) is 7.10. The Balaban J connectivity index is 1.73. The Kier molecular flexibility index (Phi) is 3.38. The highest BCUT2D eigenvalue weighted by atomic mass is 35.5. The molecule has 0 spiro atoms. The Morgan fingerprint density at radius 1 is 1.27 bits per heavy atom. The maximum Gasteiger partial charge on any atom is 0.122 e. The third kappa shape index (κ3) is 2.34. The molecular formula is C19H16ClN5O. The van der Waals surface area contributed by atoms with Crippen LogP contribution < -0.4 is 0 Å². The third-order valence-electron chi connectivity index (χ3n) is 4.89. The standard InChI is InChI=1S/C19H16ClN5O/c1-25-9-11(8-21-25)17-19-16(23-24-17)7-15(20)18(22-19)13-4-2-3-10-5-12(26)6-14(10)13/h2-4,7-9,12,26H,5-6H2,1H3,(H,23,24). The van der Waals surface area contributed by atoms with Crippen molar-refractivity contribution in [3.63, 3.8) is 0 Å². The first-order valence-electron chi connectivity index (χ1n) is 8.43. The lowest BCUT2D eigenvalue weighted by molar-refractivity contribution is 0.187. The van der Waals surface area contributed by atoms with Gasteiger partial charge in [0.2, 0.25) is 0 Å². The minimum atomic E-state index is -0.339. The number of nitrogens with zero attached hydrogens (tertiary/aromatic N) is 4. The van der Waals surface area contributed by atoms with E-state index in [-0.39, 0.29) is 6.10 Å². The van der Waals surface area contributed by atoms with Crippen LogP contribution in [0.2, 0.25) is 5.02 Å². The number of benzene rings is 1. The van der Waals surface area contributed by atoms with Crippen molar-refractivity contribution in [2.45, 2.75) is 18.9 Å². The molecule has 130 valence electrons. The highest BCUT2D eigenvalue weighted by Gasteiger charge is 2.24. The van der Waals surface area contributed by atoms with Crippen LogP contribution in [0.15, 0.2) is 36.7 Å². The highest BCUT2D eigenvalue weighted by Crippen LogP contribution is 2.37. The van der Waals surface area contributed by atoms with E-state index in [1.807, 2.05) is 31.4 Å². The Bertz CT molecular complexity index is 1150. The number of hydrogen-bond donors (Lipinski definition) is 2. The number of rotatable bonds is 2. The van der Waals surface area contributed by atoms with Crippen LogP contribution in [-0.2, 0) is 19.9 Å². The predicted molar refractivity (Wildman–Crippen MR) is 100.0 cm³/mol. The number of aromatic amines is 1. The molecule has 2 N–H and O–H groups in total. The van der Waals surface area contributed by atoms with Crippen LogP contribution in [0.4, 0.5) is 0 Å². The molecule has 0 bridgehead atoms. The SMILES string of the molecule is Cn1cc(-c2n[nH]c3cc(Cl)c(-c4cccc5c4CC(O)C5)nc23)cn1. The Morgan fingerprint density at radius 3 is 2.96 bits per heavy atom. The molecule has 3 aromatic heterocycles. The van der Waals surface area contributed by atoms with Crippen molar-refractivity contribution in [3.05, 3.63) is 52.8 Å². The van der Waals surface area contributed by atoms with Crippen molar-refractivity contribution in [2.24, 2.45) is 7.05 Å². The number of halogens is 1. The second kappa shape index (κ2) is 5.65. The molecule has 1 aromatic carbocycles. The van der Waals surface area contributed by atoms with Crippen LogP contribution in [0.25, 0.3) is 33.5 Å². The zero-order chi connectivity index (χ0) is 17.8. The first kappa shape index (κ1) is 15.5. The first-order chi connectivity index (χ1) is 12.6. The minimum absolute atomic E-state index is 0.339. The normalized spacial score (nSPS) is 16.3. The monoisotopic (exact) mass is 365 g/mol. The number of hydrogen-bond acceptors (Lipinski definition) is 4. The molecule has 0 saturated carbocycles. The van der Waals surface area contributed by atoms with Crippen LogP contribution in [0, 0.1) is 0 Å². The number of aliphatic hydroxyl groups is 1. The number of aryl methyl sites for hydroxylation is 1. The molecule has 0 fully saturated rings. The summed E-state index contributed by atoms with van der Waals surface area (Å²) in [5, 5.41) is 22.2. The molecule has 6 nitrogen and oxygen atoms in total. The molecule has 0 saturated heterocycles. The van der Waals surface area contributed by atoms with E-state index in [4.69, 9.17) is 16.6 Å². The number of pyridine rings is 1. The van der Waals surface area contributed by atoms with Crippen LogP contribution in [0.5, 0.6) is 0 Å². The summed E-state index contributed by atoms with van der Waals surface area (Å²) in [7, 11) is 1.87. The molecule has 3 heterocycles. The van der Waals surface area contributed by atoms with Crippen molar-refractivity contribution in [1.82, 2.24) is 25.0 Å². The maximum atomic E-state index is 10.0. The van der Waals surface area contributed by atoms with E-state index in [1.165, 1.54) is 0 Å². The van der Waals surface area contributed by atoms with Gasteiger partial charge in [-0.25, -0.2) is 4.98 Å². The number of aliphatic hydroxyl groups excluding tert-OH is 1. The number of fused-ring (bicyclic) bond motifs is 2. The van der Waals surface area contributed by atoms with Gasteiger partial charge in [-0.1, -0.05) is 29.8 Å². The van der Waals surface area contributed by atoms with Gasteiger partial charge >= 0.3 is 0 Å². The number of nitrogens with one attached hydrogen (secondary N) is 1. The van der Waals surface area contributed by atoms with E-state index in [1.54, 1.807) is 10.9 Å². The van der Waals surface area contributed by atoms with Gasteiger partial charge in [-0.2, -0.15) is 10.2 Å². The van der Waals surface area contributed by atoms with E-state index in [9.17, 15) is 5.11 Å². The summed E-state index contributed by atoms with van der Waals surface area (Å²) in [6.45, 7) is 0. The smallest absolute Gasteiger partial charge is 0.122 e. The molecule has 1 aliphatic rings. The van der Waals surface area contributed by atoms with Gasteiger partial charge in [0.15, 0.2) is 0 Å². The van der Waals surface area contributed by atoms with E-state index in [0.717, 1.165) is 44.7 Å². The lowest BCUT2D eigenvalue weighted by Crippen LogP contribution is -2.03. The minimum Gasteiger partial charge on any atom is -0.392 e. The van der Waals surface area contributed by atoms with Crippen LogP contribution in [0.1, 0.15) is 11.1 Å². The molecule has 0 aliphatic heterocycles. The Labute approximate surface area is 154 Å². The van der Waals surface area contributed by atoms with Crippen LogP contribution in [-0.4, -0.2) is 36.2 Å². The van der Waals surface area contributed by atoms with E-state index >= 15 is 0 Å². The fourth-order valence-electron chi connectivity index (χ4n) is 3.71. The molecule has 1 atom stereocenters. The Morgan fingerprint density at radius 2 is 2.15 bits per heavy atom. The fraction of sp³-hybridized carbons (Fsp3) is 0.211. The molecule has 1 unspecified atom stereocenters. The molecule has 0 amide bonds. The summed E-state index contributed by atoms with van der Waals surface area (Å²) < 4.78 is 1.73. The lowest BCUT2D eigenvalue weighted by atomic mass is 10.00. The third-order valence-corrected chi connectivity index (χ3v) is 5.18. The van der Waals surface area contributed by atoms with E-state index in [2.05, 4.69) is 21.4 Å². The average molecular weight is 366 g/mol. The zero-order valence-corrected chi connectivity index (χ0v) is 14.8. The lowest BCUT2D eigenvalue weighted by Gasteiger charge is -2.10. The van der Waals surface area contributed by atoms with Gasteiger partial charge in [0.1, 0.15) is 11.2 Å². The van der Waals surface area contributed by atoms with Gasteiger partial charge in [-0.15, -0.1) is 0 Å². The van der Waals surface area contributed by atoms with Gasteiger partial charge < -0.3 is 5.11 Å². The van der Waals surface area contributed by atoms with Crippen molar-refractivity contribution >= 4 is 22.6 Å². The molecule has 0 radical (unpaired) electrons. The highest BCUT2D eigenvalue weighted by molar-refractivity contribution is 6.33. The zero-order valence-electron chi connectivity index (χ0n) is 14.1. The molecular weight excluding hydrogens is 350 g/mol. The van der Waals surface area contributed by atoms with Crippen molar-refractivity contribution in [1.29, 1.82) is 0 Å². The average Bonchev–Trinajstić information content (AvgIpc) is 3.30.